The Bertz CT molecular complexity index is 749. The molecule has 0 aromatic carbocycles. The predicted molar refractivity (Wildman–Crippen MR) is 84.4 cm³/mol. The van der Waals surface area contributed by atoms with E-state index in [-0.39, 0.29) is 23.0 Å². The number of fused-ring (bicyclic) bond motifs is 1. The molecular formula is C13H15N5O6S. The molecule has 2 fully saturated rings. The van der Waals surface area contributed by atoms with Gasteiger partial charge in [-0.05, 0) is 12.8 Å². The van der Waals surface area contributed by atoms with E-state index in [1.54, 1.807) is 5.38 Å². The summed E-state index contributed by atoms with van der Waals surface area (Å²) < 4.78 is 0. The number of carboxylic acids is 1. The van der Waals surface area contributed by atoms with Crippen LogP contribution in [0.2, 0.25) is 0 Å². The molecule has 2 aliphatic rings. The fraction of sp³-hybridized carbons (Fsp3) is 0.462. The molecule has 0 aliphatic carbocycles. The zero-order valence-corrected chi connectivity index (χ0v) is 13.9. The molecule has 0 radical (unpaired) electrons. The normalized spacial score (nSPS) is 25.8. The number of nitrogens with two attached hydrogens (primary N) is 1. The zero-order chi connectivity index (χ0) is 18.1. The summed E-state index contributed by atoms with van der Waals surface area (Å²) in [4.78, 5) is 49.2. The van der Waals surface area contributed by atoms with Crippen molar-refractivity contribution in [1.82, 2.24) is 15.4 Å². The maximum atomic E-state index is 12.4. The Kier molecular flexibility index (Phi) is 4.55. The number of carboxylic acid groups (broad SMARTS) is 1. The zero-order valence-electron chi connectivity index (χ0n) is 13.0. The van der Waals surface area contributed by atoms with Crippen molar-refractivity contribution in [3.8, 4) is 0 Å². The number of hydrogen-bond donors (Lipinski definition) is 3. The fourth-order valence-electron chi connectivity index (χ4n) is 2.67. The van der Waals surface area contributed by atoms with E-state index >= 15 is 0 Å². The van der Waals surface area contributed by atoms with Crippen molar-refractivity contribution in [2.45, 2.75) is 31.0 Å². The van der Waals surface area contributed by atoms with Gasteiger partial charge in [0.2, 0.25) is 0 Å². The Morgan fingerprint density at radius 2 is 2.32 bits per heavy atom. The van der Waals surface area contributed by atoms with Gasteiger partial charge in [0, 0.05) is 5.38 Å². The molecule has 0 unspecified atom stereocenters. The number of nitrogen functional groups attached to an aromatic ring is 1. The standard InChI is InChI=1S/C13H15N5O6S/c1-23-17-8(5-4-25-13(14)15-5)10(19)16-9-6-2-3-7(12(21)22)24-18(6)11(9)20/h4,6-7,9H,2-3H2,1H3,(H2,14,15)(H,16,19)(H,21,22)/b17-8-/t6-,7-,9+/m0/s1. The third-order valence-electron chi connectivity index (χ3n) is 3.86. The summed E-state index contributed by atoms with van der Waals surface area (Å²) in [6.45, 7) is 0. The van der Waals surface area contributed by atoms with Crippen LogP contribution in [0.3, 0.4) is 0 Å². The summed E-state index contributed by atoms with van der Waals surface area (Å²) in [6.07, 6.45) is -0.410. The van der Waals surface area contributed by atoms with Crippen LogP contribution in [-0.2, 0) is 24.1 Å². The number of carbonyl (C=O) groups excluding carboxylic acids is 2. The summed E-state index contributed by atoms with van der Waals surface area (Å²) in [5.74, 6) is -2.29. The molecule has 3 heterocycles. The van der Waals surface area contributed by atoms with Crippen molar-refractivity contribution in [3.05, 3.63) is 11.1 Å². The number of carbonyl (C=O) groups is 3. The van der Waals surface area contributed by atoms with E-state index in [1.165, 1.54) is 7.11 Å². The molecule has 0 saturated carbocycles. The van der Waals surface area contributed by atoms with Crippen LogP contribution in [0.4, 0.5) is 5.13 Å². The monoisotopic (exact) mass is 369 g/mol. The number of hydroxylamine groups is 2. The second-order valence-corrected chi connectivity index (χ2v) is 6.28. The summed E-state index contributed by atoms with van der Waals surface area (Å²) in [5.41, 5.74) is 5.68. The molecule has 25 heavy (non-hydrogen) atoms. The molecule has 4 N–H and O–H groups in total. The van der Waals surface area contributed by atoms with Crippen LogP contribution in [-0.4, -0.2) is 63.9 Å². The molecule has 2 saturated heterocycles. The Balaban J connectivity index is 1.68. The van der Waals surface area contributed by atoms with Crippen LogP contribution in [0.5, 0.6) is 0 Å². The molecule has 0 spiro atoms. The van der Waals surface area contributed by atoms with E-state index in [0.29, 0.717) is 6.42 Å². The first-order valence-electron chi connectivity index (χ1n) is 7.28. The molecule has 3 atom stereocenters. The van der Waals surface area contributed by atoms with E-state index in [0.717, 1.165) is 16.4 Å². The predicted octanol–water partition coefficient (Wildman–Crippen LogP) is -1.05. The number of β-lactam (4-membered cyclic amide) rings is 1. The lowest BCUT2D eigenvalue weighted by atomic mass is 9.90. The van der Waals surface area contributed by atoms with Gasteiger partial charge in [-0.1, -0.05) is 5.16 Å². The lowest BCUT2D eigenvalue weighted by molar-refractivity contribution is -0.273. The topological polar surface area (TPSA) is 156 Å². The van der Waals surface area contributed by atoms with E-state index in [4.69, 9.17) is 15.7 Å². The van der Waals surface area contributed by atoms with E-state index in [2.05, 4.69) is 20.3 Å². The van der Waals surface area contributed by atoms with Crippen LogP contribution in [0.15, 0.2) is 10.5 Å². The highest BCUT2D eigenvalue weighted by atomic mass is 32.1. The molecule has 2 amide bonds. The minimum absolute atomic E-state index is 0.109. The molecule has 12 heteroatoms. The number of aromatic nitrogens is 1. The first kappa shape index (κ1) is 17.1. The first-order valence-corrected chi connectivity index (χ1v) is 8.16. The Morgan fingerprint density at radius 3 is 2.92 bits per heavy atom. The van der Waals surface area contributed by atoms with E-state index in [9.17, 15) is 14.4 Å². The molecule has 3 rings (SSSR count). The van der Waals surface area contributed by atoms with Gasteiger partial charge in [-0.2, -0.15) is 0 Å². The smallest absolute Gasteiger partial charge is 0.335 e. The Morgan fingerprint density at radius 1 is 1.56 bits per heavy atom. The average molecular weight is 369 g/mol. The summed E-state index contributed by atoms with van der Waals surface area (Å²) in [6, 6.07) is -1.24. The number of anilines is 1. The highest BCUT2D eigenvalue weighted by molar-refractivity contribution is 7.13. The van der Waals surface area contributed by atoms with Crippen molar-refractivity contribution < 1.29 is 29.2 Å². The molecule has 1 aromatic heterocycles. The molecule has 134 valence electrons. The van der Waals surface area contributed by atoms with Crippen LogP contribution >= 0.6 is 11.3 Å². The van der Waals surface area contributed by atoms with Gasteiger partial charge in [0.25, 0.3) is 11.8 Å². The van der Waals surface area contributed by atoms with Gasteiger partial charge in [0.15, 0.2) is 16.9 Å². The number of hydrogen-bond acceptors (Lipinski definition) is 9. The van der Waals surface area contributed by atoms with E-state index < -0.39 is 36.0 Å². The Labute approximate surface area is 145 Å². The van der Waals surface area contributed by atoms with Gasteiger partial charge >= 0.3 is 5.97 Å². The van der Waals surface area contributed by atoms with Gasteiger partial charge in [-0.15, -0.1) is 11.3 Å². The van der Waals surface area contributed by atoms with Crippen LogP contribution < -0.4 is 11.1 Å². The summed E-state index contributed by atoms with van der Waals surface area (Å²) in [7, 11) is 1.28. The second kappa shape index (κ2) is 6.64. The maximum absolute atomic E-state index is 12.4. The quantitative estimate of drug-likeness (QED) is 0.337. The number of oxime groups is 1. The molecule has 1 aromatic rings. The lowest BCUT2D eigenvalue weighted by Gasteiger charge is -2.49. The number of aliphatic carboxylic acids is 1. The molecule has 0 bridgehead atoms. The van der Waals surface area contributed by atoms with Gasteiger partial charge in [0.05, 0.1) is 6.04 Å². The van der Waals surface area contributed by atoms with Crippen LogP contribution in [0.1, 0.15) is 18.5 Å². The van der Waals surface area contributed by atoms with Gasteiger partial charge in [-0.25, -0.2) is 14.8 Å². The number of thiazole rings is 1. The molecule has 11 nitrogen and oxygen atoms in total. The average Bonchev–Trinajstić information content (AvgIpc) is 3.02. The van der Waals surface area contributed by atoms with E-state index in [1.807, 2.05) is 0 Å². The van der Waals surface area contributed by atoms with Crippen molar-refractivity contribution in [2.75, 3.05) is 12.8 Å². The van der Waals surface area contributed by atoms with Gasteiger partial charge in [-0.3, -0.25) is 14.4 Å². The number of nitrogens with one attached hydrogen (secondary N) is 1. The van der Waals surface area contributed by atoms with Crippen LogP contribution in [0, 0.1) is 0 Å². The lowest BCUT2D eigenvalue weighted by Crippen LogP contribution is -2.73. The van der Waals surface area contributed by atoms with Crippen LogP contribution in [0.25, 0.3) is 0 Å². The maximum Gasteiger partial charge on any atom is 0.335 e. The molecule has 2 aliphatic heterocycles. The first-order chi connectivity index (χ1) is 11.9. The SMILES string of the molecule is CO/N=C(\C(=O)N[C@H]1C(=O)N2O[C@H](C(=O)O)CC[C@@H]12)c1csc(N)n1. The number of rotatable bonds is 5. The molecular weight excluding hydrogens is 354 g/mol. The third-order valence-corrected chi connectivity index (χ3v) is 4.53. The fourth-order valence-corrected chi connectivity index (χ4v) is 3.22. The second-order valence-electron chi connectivity index (χ2n) is 5.39. The minimum Gasteiger partial charge on any atom is -0.479 e. The van der Waals surface area contributed by atoms with Crippen molar-refractivity contribution >= 4 is 40.0 Å². The third kappa shape index (κ3) is 3.13. The summed E-state index contributed by atoms with van der Waals surface area (Å²) in [5, 5.41) is 18.0. The minimum atomic E-state index is -1.13. The van der Waals surface area contributed by atoms with Gasteiger partial charge in [0.1, 0.15) is 18.8 Å². The number of nitrogens with zero attached hydrogens (tertiary/aromatic N) is 3. The van der Waals surface area contributed by atoms with Crippen molar-refractivity contribution in [1.29, 1.82) is 0 Å². The highest BCUT2D eigenvalue weighted by Gasteiger charge is 2.53. The Hall–Kier alpha value is -2.73. The summed E-state index contributed by atoms with van der Waals surface area (Å²) >= 11 is 1.14. The largest absolute Gasteiger partial charge is 0.479 e. The highest BCUT2D eigenvalue weighted by Crippen LogP contribution is 2.31. The van der Waals surface area contributed by atoms with Gasteiger partial charge < -0.3 is 21.0 Å². The van der Waals surface area contributed by atoms with Crippen molar-refractivity contribution in [2.24, 2.45) is 5.16 Å². The number of amides is 2. The van der Waals surface area contributed by atoms with Crippen molar-refractivity contribution in [3.63, 3.8) is 0 Å².